The second kappa shape index (κ2) is 7.65. The quantitative estimate of drug-likeness (QED) is 0.576. The van der Waals surface area contributed by atoms with Crippen LogP contribution in [0.25, 0.3) is 0 Å². The Morgan fingerprint density at radius 2 is 1.86 bits per heavy atom. The molecule has 1 unspecified atom stereocenters. The highest BCUT2D eigenvalue weighted by molar-refractivity contribution is 6.33. The van der Waals surface area contributed by atoms with Crippen LogP contribution in [-0.4, -0.2) is 30.1 Å². The van der Waals surface area contributed by atoms with Crippen molar-refractivity contribution in [3.63, 3.8) is 0 Å². The van der Waals surface area contributed by atoms with Gasteiger partial charge in [0.25, 0.3) is 5.91 Å². The maximum atomic E-state index is 12.0. The molecule has 0 bridgehead atoms. The van der Waals surface area contributed by atoms with Crippen molar-refractivity contribution in [3.05, 3.63) is 28.8 Å². The summed E-state index contributed by atoms with van der Waals surface area (Å²) in [5.41, 5.74) is 5.80. The van der Waals surface area contributed by atoms with Gasteiger partial charge in [-0.25, -0.2) is 9.59 Å². The number of esters is 1. The minimum absolute atomic E-state index is 0.0544. The fourth-order valence-corrected chi connectivity index (χ4v) is 1.68. The number of benzene rings is 1. The van der Waals surface area contributed by atoms with Gasteiger partial charge in [0.1, 0.15) is 0 Å². The number of hydrogen-bond acceptors (Lipinski definition) is 5. The van der Waals surface area contributed by atoms with E-state index in [9.17, 15) is 14.4 Å². The van der Waals surface area contributed by atoms with Crippen molar-refractivity contribution in [2.24, 2.45) is 0 Å². The summed E-state index contributed by atoms with van der Waals surface area (Å²) in [6, 6.07) is 3.71. The van der Waals surface area contributed by atoms with E-state index in [1.54, 1.807) is 13.8 Å². The van der Waals surface area contributed by atoms with E-state index in [4.69, 9.17) is 22.1 Å². The van der Waals surface area contributed by atoms with Crippen LogP contribution < -0.4 is 16.4 Å². The Labute approximate surface area is 133 Å². The second-order valence-electron chi connectivity index (χ2n) is 4.87. The standard InChI is InChI=1S/C14H18ClN3O4/c1-7(2)17-14(21)18-12(19)8(3)22-13(20)9-5-4-6-10(15)11(9)16/h4-8H,16H2,1-3H3,(H2,17,18,19,21). The fourth-order valence-electron chi connectivity index (χ4n) is 1.50. The Morgan fingerprint density at radius 1 is 1.23 bits per heavy atom. The van der Waals surface area contributed by atoms with Crippen molar-refractivity contribution in [1.82, 2.24) is 10.6 Å². The highest BCUT2D eigenvalue weighted by Gasteiger charge is 2.22. The van der Waals surface area contributed by atoms with Crippen molar-refractivity contribution >= 4 is 35.2 Å². The molecular formula is C14H18ClN3O4. The molecule has 0 aliphatic heterocycles. The number of rotatable bonds is 4. The predicted octanol–water partition coefficient (Wildman–Crippen LogP) is 1.70. The number of carbonyl (C=O) groups is 3. The van der Waals surface area contributed by atoms with E-state index in [0.717, 1.165) is 0 Å². The van der Waals surface area contributed by atoms with Gasteiger partial charge < -0.3 is 15.8 Å². The Balaban J connectivity index is 2.66. The number of carbonyl (C=O) groups excluding carboxylic acids is 3. The lowest BCUT2D eigenvalue weighted by Gasteiger charge is -2.15. The van der Waals surface area contributed by atoms with E-state index in [1.807, 2.05) is 0 Å². The number of amides is 3. The first kappa shape index (κ1) is 17.8. The number of nitrogens with one attached hydrogen (secondary N) is 2. The molecule has 1 rings (SSSR count). The molecule has 1 atom stereocenters. The number of para-hydroxylation sites is 1. The van der Waals surface area contributed by atoms with Crippen LogP contribution in [0.1, 0.15) is 31.1 Å². The topological polar surface area (TPSA) is 111 Å². The highest BCUT2D eigenvalue weighted by atomic mass is 35.5. The fraction of sp³-hybridized carbons (Fsp3) is 0.357. The summed E-state index contributed by atoms with van der Waals surface area (Å²) >= 11 is 5.81. The van der Waals surface area contributed by atoms with Gasteiger partial charge in [0.05, 0.1) is 16.3 Å². The van der Waals surface area contributed by atoms with Crippen LogP contribution in [0, 0.1) is 0 Å². The predicted molar refractivity (Wildman–Crippen MR) is 82.6 cm³/mol. The summed E-state index contributed by atoms with van der Waals surface area (Å²) in [6.45, 7) is 4.83. The number of nitrogens with two attached hydrogens (primary N) is 1. The summed E-state index contributed by atoms with van der Waals surface area (Å²) in [4.78, 5) is 35.1. The first-order valence-corrected chi connectivity index (χ1v) is 6.96. The highest BCUT2D eigenvalue weighted by Crippen LogP contribution is 2.23. The van der Waals surface area contributed by atoms with Crippen LogP contribution in [0.3, 0.4) is 0 Å². The monoisotopic (exact) mass is 327 g/mol. The molecule has 0 spiro atoms. The number of ether oxygens (including phenoxy) is 1. The van der Waals surface area contributed by atoms with E-state index in [-0.39, 0.29) is 22.3 Å². The Kier molecular flexibility index (Phi) is 6.18. The average Bonchev–Trinajstić information content (AvgIpc) is 2.40. The molecule has 120 valence electrons. The van der Waals surface area contributed by atoms with E-state index < -0.39 is 24.0 Å². The SMILES string of the molecule is CC(C)NC(=O)NC(=O)C(C)OC(=O)c1cccc(Cl)c1N. The zero-order valence-electron chi connectivity index (χ0n) is 12.5. The van der Waals surface area contributed by atoms with Crippen LogP contribution in [0.4, 0.5) is 10.5 Å². The third kappa shape index (κ3) is 4.92. The van der Waals surface area contributed by atoms with Crippen LogP contribution in [0.2, 0.25) is 5.02 Å². The van der Waals surface area contributed by atoms with Crippen LogP contribution in [0.5, 0.6) is 0 Å². The third-order valence-electron chi connectivity index (χ3n) is 2.58. The number of halogens is 1. The second-order valence-corrected chi connectivity index (χ2v) is 5.27. The molecule has 0 aliphatic carbocycles. The van der Waals surface area contributed by atoms with Gasteiger partial charge in [-0.05, 0) is 32.9 Å². The summed E-state index contributed by atoms with van der Waals surface area (Å²) in [5, 5.41) is 4.76. The molecule has 22 heavy (non-hydrogen) atoms. The maximum Gasteiger partial charge on any atom is 0.341 e. The first-order chi connectivity index (χ1) is 10.2. The van der Waals surface area contributed by atoms with Gasteiger partial charge in [0.2, 0.25) is 0 Å². The number of imide groups is 1. The molecule has 3 amide bonds. The zero-order valence-corrected chi connectivity index (χ0v) is 13.2. The lowest BCUT2D eigenvalue weighted by molar-refractivity contribution is -0.127. The molecule has 7 nitrogen and oxygen atoms in total. The molecule has 0 saturated carbocycles. The number of hydrogen-bond donors (Lipinski definition) is 3. The summed E-state index contributed by atoms with van der Waals surface area (Å²) in [6.07, 6.45) is -1.16. The van der Waals surface area contributed by atoms with Crippen molar-refractivity contribution in [1.29, 1.82) is 0 Å². The van der Waals surface area contributed by atoms with E-state index in [0.29, 0.717) is 0 Å². The van der Waals surface area contributed by atoms with E-state index in [1.165, 1.54) is 25.1 Å². The Morgan fingerprint density at radius 3 is 2.45 bits per heavy atom. The zero-order chi connectivity index (χ0) is 16.9. The molecule has 0 saturated heterocycles. The van der Waals surface area contributed by atoms with Crippen LogP contribution in [-0.2, 0) is 9.53 Å². The minimum atomic E-state index is -1.16. The largest absolute Gasteiger partial charge is 0.449 e. The normalized spacial score (nSPS) is 11.7. The molecule has 8 heteroatoms. The molecule has 0 fully saturated rings. The van der Waals surface area contributed by atoms with Gasteiger partial charge in [-0.15, -0.1) is 0 Å². The maximum absolute atomic E-state index is 12.0. The Bertz CT molecular complexity index is 589. The van der Waals surface area contributed by atoms with Gasteiger partial charge in [0, 0.05) is 6.04 Å². The number of nitrogen functional groups attached to an aromatic ring is 1. The average molecular weight is 328 g/mol. The molecule has 0 radical (unpaired) electrons. The van der Waals surface area contributed by atoms with E-state index in [2.05, 4.69) is 10.6 Å². The summed E-state index contributed by atoms with van der Waals surface area (Å²) in [7, 11) is 0. The minimum Gasteiger partial charge on any atom is -0.449 e. The number of urea groups is 1. The molecule has 0 aliphatic rings. The first-order valence-electron chi connectivity index (χ1n) is 6.58. The summed E-state index contributed by atoms with van der Waals surface area (Å²) < 4.78 is 4.97. The van der Waals surface area contributed by atoms with Gasteiger partial charge >= 0.3 is 12.0 Å². The van der Waals surface area contributed by atoms with Gasteiger partial charge in [-0.2, -0.15) is 0 Å². The van der Waals surface area contributed by atoms with Gasteiger partial charge in [-0.1, -0.05) is 17.7 Å². The van der Waals surface area contributed by atoms with Gasteiger partial charge in [0.15, 0.2) is 6.10 Å². The molecule has 0 aromatic heterocycles. The molecule has 0 heterocycles. The lowest BCUT2D eigenvalue weighted by atomic mass is 10.2. The lowest BCUT2D eigenvalue weighted by Crippen LogP contribution is -2.46. The third-order valence-corrected chi connectivity index (χ3v) is 2.91. The molecule has 1 aromatic rings. The Hall–Kier alpha value is -2.28. The molecular weight excluding hydrogens is 310 g/mol. The van der Waals surface area contributed by atoms with Gasteiger partial charge in [-0.3, -0.25) is 10.1 Å². The number of anilines is 1. The molecule has 4 N–H and O–H groups in total. The smallest absolute Gasteiger partial charge is 0.341 e. The van der Waals surface area contributed by atoms with Crippen LogP contribution >= 0.6 is 11.6 Å². The van der Waals surface area contributed by atoms with Crippen molar-refractivity contribution in [3.8, 4) is 0 Å². The van der Waals surface area contributed by atoms with Crippen molar-refractivity contribution in [2.75, 3.05) is 5.73 Å². The van der Waals surface area contributed by atoms with E-state index >= 15 is 0 Å². The van der Waals surface area contributed by atoms with Crippen molar-refractivity contribution < 1.29 is 19.1 Å². The van der Waals surface area contributed by atoms with Crippen molar-refractivity contribution in [2.45, 2.75) is 32.9 Å². The van der Waals surface area contributed by atoms with Crippen LogP contribution in [0.15, 0.2) is 18.2 Å². The molecule has 1 aromatic carbocycles. The summed E-state index contributed by atoms with van der Waals surface area (Å²) in [5.74, 6) is -1.54.